The van der Waals surface area contributed by atoms with Crippen LogP contribution in [-0.2, 0) is 0 Å². The van der Waals surface area contributed by atoms with Gasteiger partial charge < -0.3 is 4.52 Å². The summed E-state index contributed by atoms with van der Waals surface area (Å²) in [5, 5.41) is 6.52. The Bertz CT molecular complexity index is 369. The predicted molar refractivity (Wildman–Crippen MR) is 54.0 cm³/mol. The first-order valence-electron chi connectivity index (χ1n) is 3.90. The molecule has 0 aliphatic heterocycles. The summed E-state index contributed by atoms with van der Waals surface area (Å²) in [6.45, 7) is 2.06. The highest BCUT2D eigenvalue weighted by Gasteiger charge is 2.08. The van der Waals surface area contributed by atoms with Crippen LogP contribution in [0.3, 0.4) is 0 Å². The minimum Gasteiger partial charge on any atom is -0.327 e. The van der Waals surface area contributed by atoms with E-state index >= 15 is 0 Å². The molecule has 68 valence electrons. The predicted octanol–water partition coefficient (Wildman–Crippen LogP) is 2.91. The van der Waals surface area contributed by atoms with Crippen LogP contribution in [0.5, 0.6) is 0 Å². The van der Waals surface area contributed by atoms with Crippen molar-refractivity contribution in [2.24, 2.45) is 0 Å². The molecule has 0 fully saturated rings. The zero-order valence-electron chi connectivity index (χ0n) is 7.06. The highest BCUT2D eigenvalue weighted by atomic mass is 32.2. The van der Waals surface area contributed by atoms with Gasteiger partial charge in [0, 0.05) is 0 Å². The van der Waals surface area contributed by atoms with Gasteiger partial charge in [0.25, 0.3) is 5.22 Å². The lowest BCUT2D eigenvalue weighted by molar-refractivity contribution is 0.341. The van der Waals surface area contributed by atoms with Gasteiger partial charge >= 0.3 is 0 Å². The van der Waals surface area contributed by atoms with Crippen molar-refractivity contribution in [2.75, 3.05) is 5.75 Å². The second-order valence-electron chi connectivity index (χ2n) is 2.29. The molecule has 0 bridgehead atoms. The lowest BCUT2D eigenvalue weighted by Gasteiger charge is -1.83. The molecule has 13 heavy (non-hydrogen) atoms. The van der Waals surface area contributed by atoms with Gasteiger partial charge in [0.2, 0.25) is 5.82 Å². The Labute approximate surface area is 84.2 Å². The van der Waals surface area contributed by atoms with Crippen molar-refractivity contribution in [3.05, 3.63) is 17.5 Å². The van der Waals surface area contributed by atoms with Gasteiger partial charge in [-0.05, 0) is 17.2 Å². The van der Waals surface area contributed by atoms with E-state index < -0.39 is 0 Å². The maximum absolute atomic E-state index is 5.04. The fourth-order valence-corrected chi connectivity index (χ4v) is 2.03. The van der Waals surface area contributed by atoms with Crippen LogP contribution in [0.4, 0.5) is 0 Å². The van der Waals surface area contributed by atoms with Crippen molar-refractivity contribution >= 4 is 23.1 Å². The third kappa shape index (κ3) is 1.92. The van der Waals surface area contributed by atoms with Crippen LogP contribution in [0.2, 0.25) is 0 Å². The third-order valence-corrected chi connectivity index (χ3v) is 2.98. The first-order chi connectivity index (χ1) is 6.40. The molecular formula is C8H8N2OS2. The zero-order valence-corrected chi connectivity index (χ0v) is 8.69. The molecule has 0 atom stereocenters. The summed E-state index contributed by atoms with van der Waals surface area (Å²) in [6, 6.07) is 3.96. The van der Waals surface area contributed by atoms with Crippen LogP contribution >= 0.6 is 23.1 Å². The number of thiophene rings is 1. The van der Waals surface area contributed by atoms with Crippen molar-refractivity contribution in [1.82, 2.24) is 10.1 Å². The summed E-state index contributed by atoms with van der Waals surface area (Å²) in [7, 11) is 0. The maximum Gasteiger partial charge on any atom is 0.286 e. The normalized spacial score (nSPS) is 10.5. The van der Waals surface area contributed by atoms with E-state index in [1.54, 1.807) is 23.1 Å². The Morgan fingerprint density at radius 2 is 2.54 bits per heavy atom. The lowest BCUT2D eigenvalue weighted by Crippen LogP contribution is -1.74. The molecule has 2 heterocycles. The second-order valence-corrected chi connectivity index (χ2v) is 4.46. The summed E-state index contributed by atoms with van der Waals surface area (Å²) in [4.78, 5) is 5.29. The standard InChI is InChI=1S/C8H8N2OS2/c1-2-12-8-9-7(10-11-8)6-4-3-5-13-6/h3-5H,2H2,1H3. The molecule has 2 aromatic rings. The van der Waals surface area contributed by atoms with Crippen molar-refractivity contribution < 1.29 is 4.52 Å². The molecule has 2 aromatic heterocycles. The van der Waals surface area contributed by atoms with Crippen LogP contribution in [-0.4, -0.2) is 15.9 Å². The maximum atomic E-state index is 5.04. The van der Waals surface area contributed by atoms with E-state index in [9.17, 15) is 0 Å². The highest BCUT2D eigenvalue weighted by Crippen LogP contribution is 2.24. The van der Waals surface area contributed by atoms with Gasteiger partial charge in [0.1, 0.15) is 0 Å². The Balaban J connectivity index is 2.23. The van der Waals surface area contributed by atoms with Gasteiger partial charge in [-0.3, -0.25) is 0 Å². The molecule has 0 spiro atoms. The summed E-state index contributed by atoms with van der Waals surface area (Å²) in [5.74, 6) is 1.64. The summed E-state index contributed by atoms with van der Waals surface area (Å²) >= 11 is 3.17. The second kappa shape index (κ2) is 3.93. The van der Waals surface area contributed by atoms with E-state index in [2.05, 4.69) is 17.1 Å². The smallest absolute Gasteiger partial charge is 0.286 e. The molecule has 0 aliphatic carbocycles. The quantitative estimate of drug-likeness (QED) is 0.733. The van der Waals surface area contributed by atoms with Gasteiger partial charge in [-0.2, -0.15) is 4.98 Å². The van der Waals surface area contributed by atoms with Crippen molar-refractivity contribution in [3.8, 4) is 10.7 Å². The molecule has 0 amide bonds. The number of hydrogen-bond acceptors (Lipinski definition) is 5. The van der Waals surface area contributed by atoms with E-state index in [-0.39, 0.29) is 0 Å². The van der Waals surface area contributed by atoms with Crippen molar-refractivity contribution in [2.45, 2.75) is 12.1 Å². The Morgan fingerprint density at radius 1 is 1.62 bits per heavy atom. The van der Waals surface area contributed by atoms with Crippen LogP contribution in [0.25, 0.3) is 10.7 Å². The van der Waals surface area contributed by atoms with Gasteiger partial charge in [-0.25, -0.2) is 0 Å². The molecule has 2 rings (SSSR count). The minimum atomic E-state index is 0.644. The Morgan fingerprint density at radius 3 is 3.23 bits per heavy atom. The number of rotatable bonds is 3. The van der Waals surface area contributed by atoms with E-state index in [0.29, 0.717) is 11.0 Å². The molecular weight excluding hydrogens is 204 g/mol. The average molecular weight is 212 g/mol. The molecule has 0 aliphatic rings. The minimum absolute atomic E-state index is 0.644. The monoisotopic (exact) mass is 212 g/mol. The van der Waals surface area contributed by atoms with Gasteiger partial charge in [-0.15, -0.1) is 11.3 Å². The van der Waals surface area contributed by atoms with E-state index in [1.165, 1.54) is 0 Å². The summed E-state index contributed by atoms with van der Waals surface area (Å²) in [5.41, 5.74) is 0. The molecule has 0 saturated heterocycles. The highest BCUT2D eigenvalue weighted by molar-refractivity contribution is 7.99. The molecule has 0 saturated carbocycles. The van der Waals surface area contributed by atoms with Crippen LogP contribution < -0.4 is 0 Å². The molecule has 3 nitrogen and oxygen atoms in total. The van der Waals surface area contributed by atoms with E-state index in [4.69, 9.17) is 4.52 Å². The molecule has 0 radical (unpaired) electrons. The Kier molecular flexibility index (Phi) is 2.65. The van der Waals surface area contributed by atoms with Crippen LogP contribution in [0, 0.1) is 0 Å². The van der Waals surface area contributed by atoms with Crippen molar-refractivity contribution in [1.29, 1.82) is 0 Å². The van der Waals surface area contributed by atoms with Gasteiger partial charge in [0.15, 0.2) is 0 Å². The van der Waals surface area contributed by atoms with Crippen molar-refractivity contribution in [3.63, 3.8) is 0 Å². The first-order valence-corrected chi connectivity index (χ1v) is 5.77. The number of hydrogen-bond donors (Lipinski definition) is 0. The molecule has 0 unspecified atom stereocenters. The third-order valence-electron chi connectivity index (χ3n) is 1.42. The Hall–Kier alpha value is -0.810. The topological polar surface area (TPSA) is 38.9 Å². The number of thioether (sulfide) groups is 1. The molecule has 0 aromatic carbocycles. The molecule has 5 heteroatoms. The van der Waals surface area contributed by atoms with Gasteiger partial charge in [0.05, 0.1) is 4.88 Å². The van der Waals surface area contributed by atoms with E-state index in [0.717, 1.165) is 10.6 Å². The summed E-state index contributed by atoms with van der Waals surface area (Å²) in [6.07, 6.45) is 0. The van der Waals surface area contributed by atoms with Crippen LogP contribution in [0.15, 0.2) is 27.3 Å². The SMILES string of the molecule is CCSc1nc(-c2cccs2)no1. The largest absolute Gasteiger partial charge is 0.327 e. The number of nitrogens with zero attached hydrogens (tertiary/aromatic N) is 2. The fraction of sp³-hybridized carbons (Fsp3) is 0.250. The zero-order chi connectivity index (χ0) is 9.10. The average Bonchev–Trinajstić information content (AvgIpc) is 2.70. The summed E-state index contributed by atoms with van der Waals surface area (Å²) < 4.78 is 5.04. The van der Waals surface area contributed by atoms with Crippen LogP contribution in [0.1, 0.15) is 6.92 Å². The van der Waals surface area contributed by atoms with E-state index in [1.807, 2.05) is 17.5 Å². The first kappa shape index (κ1) is 8.77. The fourth-order valence-electron chi connectivity index (χ4n) is 0.898. The lowest BCUT2D eigenvalue weighted by atomic mass is 10.5. The number of aromatic nitrogens is 2. The molecule has 0 N–H and O–H groups in total. The van der Waals surface area contributed by atoms with Gasteiger partial charge in [-0.1, -0.05) is 29.9 Å².